The second-order valence-corrected chi connectivity index (χ2v) is 6.13. The molecule has 0 bridgehead atoms. The predicted octanol–water partition coefficient (Wildman–Crippen LogP) is 0.346. The summed E-state index contributed by atoms with van der Waals surface area (Å²) in [5.41, 5.74) is -0.420. The highest BCUT2D eigenvalue weighted by Gasteiger charge is 2.55. The van der Waals surface area contributed by atoms with Gasteiger partial charge >= 0.3 is 0 Å². The van der Waals surface area contributed by atoms with E-state index in [9.17, 15) is 9.59 Å². The first-order valence-electron chi connectivity index (χ1n) is 7.24. The molecule has 114 valence electrons. The van der Waals surface area contributed by atoms with Gasteiger partial charge in [0.15, 0.2) is 5.82 Å². The fraction of sp³-hybridized carbons (Fsp3) is 0.714. The Morgan fingerprint density at radius 1 is 1.24 bits per heavy atom. The number of carbonyl (C=O) groups excluding carboxylic acids is 2. The molecule has 2 aliphatic heterocycles. The molecule has 3 rings (SSSR count). The van der Waals surface area contributed by atoms with Gasteiger partial charge in [-0.05, 0) is 19.3 Å². The van der Waals surface area contributed by atoms with Crippen LogP contribution in [-0.4, -0.2) is 57.9 Å². The van der Waals surface area contributed by atoms with Gasteiger partial charge in [0.1, 0.15) is 0 Å². The lowest BCUT2D eigenvalue weighted by molar-refractivity contribution is -0.131. The summed E-state index contributed by atoms with van der Waals surface area (Å²) in [6.45, 7) is 7.43. The van der Waals surface area contributed by atoms with Gasteiger partial charge in [0, 0.05) is 40.0 Å². The van der Waals surface area contributed by atoms with Gasteiger partial charge in [-0.1, -0.05) is 5.16 Å². The second-order valence-electron chi connectivity index (χ2n) is 6.13. The smallest absolute Gasteiger partial charge is 0.236 e. The number of amides is 2. The number of carbonyl (C=O) groups is 2. The van der Waals surface area contributed by atoms with E-state index in [-0.39, 0.29) is 17.7 Å². The topological polar surface area (TPSA) is 79.5 Å². The minimum absolute atomic E-state index is 0.0466. The van der Waals surface area contributed by atoms with Gasteiger partial charge in [0.2, 0.25) is 17.7 Å². The lowest BCUT2D eigenvalue weighted by atomic mass is 9.73. The highest BCUT2D eigenvalue weighted by Crippen LogP contribution is 2.43. The van der Waals surface area contributed by atoms with E-state index in [2.05, 4.69) is 10.1 Å². The van der Waals surface area contributed by atoms with Gasteiger partial charge in [-0.15, -0.1) is 0 Å². The number of rotatable bonds is 1. The Balaban J connectivity index is 1.99. The molecule has 0 unspecified atom stereocenters. The average Bonchev–Trinajstić information content (AvgIpc) is 3.01. The molecule has 2 amide bonds. The highest BCUT2D eigenvalue weighted by molar-refractivity contribution is 5.75. The second kappa shape index (κ2) is 4.82. The summed E-state index contributed by atoms with van der Waals surface area (Å²) in [7, 11) is 0. The van der Waals surface area contributed by atoms with Crippen LogP contribution in [-0.2, 0) is 15.0 Å². The summed E-state index contributed by atoms with van der Waals surface area (Å²) in [5.74, 6) is 1.50. The largest absolute Gasteiger partial charge is 0.342 e. The summed E-state index contributed by atoms with van der Waals surface area (Å²) in [4.78, 5) is 31.6. The third-order valence-corrected chi connectivity index (χ3v) is 4.76. The zero-order chi connectivity index (χ0) is 15.2. The van der Waals surface area contributed by atoms with Crippen molar-refractivity contribution in [3.63, 3.8) is 0 Å². The van der Waals surface area contributed by atoms with Crippen LogP contribution >= 0.6 is 0 Å². The summed E-state index contributed by atoms with van der Waals surface area (Å²) in [6.07, 6.45) is 0.852. The minimum atomic E-state index is -0.420. The van der Waals surface area contributed by atoms with Crippen molar-refractivity contribution >= 4 is 11.8 Å². The molecule has 0 spiro atoms. The molecule has 7 heteroatoms. The Kier molecular flexibility index (Phi) is 3.22. The van der Waals surface area contributed by atoms with Crippen LogP contribution in [0.15, 0.2) is 4.52 Å². The lowest BCUT2D eigenvalue weighted by Gasteiger charge is -2.41. The third-order valence-electron chi connectivity index (χ3n) is 4.76. The molecular weight excluding hydrogens is 272 g/mol. The van der Waals surface area contributed by atoms with Crippen molar-refractivity contribution < 1.29 is 14.1 Å². The van der Waals surface area contributed by atoms with Crippen molar-refractivity contribution in [3.8, 4) is 0 Å². The number of piperidine rings is 1. The molecule has 0 N–H and O–H groups in total. The molecule has 0 radical (unpaired) electrons. The molecule has 1 aromatic rings. The minimum Gasteiger partial charge on any atom is -0.342 e. The maximum Gasteiger partial charge on any atom is 0.236 e. The fourth-order valence-electron chi connectivity index (χ4n) is 3.57. The summed E-state index contributed by atoms with van der Waals surface area (Å²) in [6, 6.07) is 0. The van der Waals surface area contributed by atoms with Gasteiger partial charge in [0.25, 0.3) is 0 Å². The van der Waals surface area contributed by atoms with E-state index in [0.29, 0.717) is 31.3 Å². The molecule has 2 fully saturated rings. The van der Waals surface area contributed by atoms with E-state index in [1.54, 1.807) is 20.8 Å². The van der Waals surface area contributed by atoms with E-state index < -0.39 is 5.41 Å². The number of likely N-dealkylation sites (tertiary alicyclic amines) is 2. The number of nitrogens with zero attached hydrogens (tertiary/aromatic N) is 4. The van der Waals surface area contributed by atoms with Gasteiger partial charge in [-0.2, -0.15) is 4.98 Å². The average molecular weight is 292 g/mol. The first-order valence-corrected chi connectivity index (χ1v) is 7.24. The Morgan fingerprint density at radius 3 is 2.48 bits per heavy atom. The van der Waals surface area contributed by atoms with E-state index >= 15 is 0 Å². The van der Waals surface area contributed by atoms with Crippen LogP contribution in [0.2, 0.25) is 0 Å². The molecular formula is C14H20N4O3. The molecule has 1 aromatic heterocycles. The quantitative estimate of drug-likeness (QED) is 0.746. The van der Waals surface area contributed by atoms with Crippen molar-refractivity contribution in [2.75, 3.05) is 26.2 Å². The summed E-state index contributed by atoms with van der Waals surface area (Å²) < 4.78 is 5.43. The maximum absolute atomic E-state index is 11.8. The fourth-order valence-corrected chi connectivity index (χ4v) is 3.57. The molecule has 0 saturated carbocycles. The van der Waals surface area contributed by atoms with Crippen molar-refractivity contribution in [2.24, 2.45) is 5.92 Å². The van der Waals surface area contributed by atoms with Crippen LogP contribution < -0.4 is 0 Å². The molecule has 2 atom stereocenters. The van der Waals surface area contributed by atoms with Crippen LogP contribution in [0.5, 0.6) is 0 Å². The van der Waals surface area contributed by atoms with E-state index in [4.69, 9.17) is 4.52 Å². The van der Waals surface area contributed by atoms with Gasteiger partial charge < -0.3 is 14.3 Å². The van der Waals surface area contributed by atoms with Crippen LogP contribution in [0, 0.1) is 12.8 Å². The standard InChI is InChI=1S/C14H20N4O3/c1-9-15-13(21-16-9)14-7-17(10(2)19)5-4-12(14)6-18(8-14)11(3)20/h12H,4-8H2,1-3H3/t12-,14-/m0/s1. The Morgan fingerprint density at radius 2 is 1.90 bits per heavy atom. The van der Waals surface area contributed by atoms with Crippen molar-refractivity contribution in [3.05, 3.63) is 11.7 Å². The van der Waals surface area contributed by atoms with E-state index in [1.807, 2.05) is 9.80 Å². The Bertz CT molecular complexity index is 573. The summed E-state index contributed by atoms with van der Waals surface area (Å²) >= 11 is 0. The SMILES string of the molecule is CC(=O)N1CC[C@H]2CN(C(C)=O)C[C@@]2(c2nc(C)no2)C1. The van der Waals surface area contributed by atoms with Crippen LogP contribution in [0.3, 0.4) is 0 Å². The number of aromatic nitrogens is 2. The zero-order valence-corrected chi connectivity index (χ0v) is 12.6. The first kappa shape index (κ1) is 14.0. The van der Waals surface area contributed by atoms with Crippen LogP contribution in [0.1, 0.15) is 32.0 Å². The monoisotopic (exact) mass is 292 g/mol. The normalized spacial score (nSPS) is 28.6. The van der Waals surface area contributed by atoms with Crippen molar-refractivity contribution in [1.82, 2.24) is 19.9 Å². The Labute approximate surface area is 123 Å². The molecule has 21 heavy (non-hydrogen) atoms. The first-order chi connectivity index (χ1) is 9.92. The van der Waals surface area contributed by atoms with E-state index in [1.165, 1.54) is 0 Å². The van der Waals surface area contributed by atoms with Crippen LogP contribution in [0.25, 0.3) is 0 Å². The highest BCUT2D eigenvalue weighted by atomic mass is 16.5. The molecule has 0 aromatic carbocycles. The molecule has 2 aliphatic rings. The lowest BCUT2D eigenvalue weighted by Crippen LogP contribution is -2.53. The molecule has 7 nitrogen and oxygen atoms in total. The maximum atomic E-state index is 11.8. The molecule has 3 heterocycles. The molecule has 0 aliphatic carbocycles. The third kappa shape index (κ3) is 2.20. The summed E-state index contributed by atoms with van der Waals surface area (Å²) in [5, 5.41) is 3.89. The molecule has 2 saturated heterocycles. The van der Waals surface area contributed by atoms with E-state index in [0.717, 1.165) is 13.0 Å². The van der Waals surface area contributed by atoms with Gasteiger partial charge in [0.05, 0.1) is 5.41 Å². The van der Waals surface area contributed by atoms with Gasteiger partial charge in [-0.3, -0.25) is 9.59 Å². The predicted molar refractivity (Wildman–Crippen MR) is 73.3 cm³/mol. The van der Waals surface area contributed by atoms with Crippen molar-refractivity contribution in [2.45, 2.75) is 32.6 Å². The number of aryl methyl sites for hydroxylation is 1. The number of hydrogen-bond acceptors (Lipinski definition) is 5. The number of hydrogen-bond donors (Lipinski definition) is 0. The number of fused-ring (bicyclic) bond motifs is 1. The van der Waals surface area contributed by atoms with Crippen molar-refractivity contribution in [1.29, 1.82) is 0 Å². The Hall–Kier alpha value is -1.92. The zero-order valence-electron chi connectivity index (χ0n) is 12.6. The van der Waals surface area contributed by atoms with Crippen LogP contribution in [0.4, 0.5) is 0 Å². The van der Waals surface area contributed by atoms with Gasteiger partial charge in [-0.25, -0.2) is 0 Å².